The lowest BCUT2D eigenvalue weighted by Crippen LogP contribution is -2.26. The molecule has 1 saturated carbocycles. The van der Waals surface area contributed by atoms with Gasteiger partial charge in [0.25, 0.3) is 6.47 Å². The summed E-state index contributed by atoms with van der Waals surface area (Å²) in [5.74, 6) is -0.366. The average molecular weight is 475 g/mol. The third-order valence-electron chi connectivity index (χ3n) is 6.43. The number of aryl methyl sites for hydroxylation is 1. The van der Waals surface area contributed by atoms with E-state index < -0.39 is 11.9 Å². The molecule has 168 valence electrons. The number of nitrogens with zero attached hydrogens (tertiary/aromatic N) is 1. The Morgan fingerprint density at radius 3 is 2.66 bits per heavy atom. The second-order valence-electron chi connectivity index (χ2n) is 8.37. The van der Waals surface area contributed by atoms with E-state index in [1.165, 1.54) is 12.5 Å². The Hall–Kier alpha value is -2.37. The Labute approximate surface area is 197 Å². The van der Waals surface area contributed by atoms with E-state index in [-0.39, 0.29) is 16.9 Å². The fourth-order valence-corrected chi connectivity index (χ4v) is 5.25. The lowest BCUT2D eigenvalue weighted by atomic mass is 9.73. The van der Waals surface area contributed by atoms with Crippen molar-refractivity contribution in [3.05, 3.63) is 75.4 Å². The predicted octanol–water partition coefficient (Wildman–Crippen LogP) is 7.41. The molecule has 1 aliphatic carbocycles. The van der Waals surface area contributed by atoms with Gasteiger partial charge >= 0.3 is 0 Å². The first-order chi connectivity index (χ1) is 15.5. The van der Waals surface area contributed by atoms with E-state index in [1.807, 2.05) is 25.1 Å². The van der Waals surface area contributed by atoms with E-state index in [4.69, 9.17) is 27.9 Å². The van der Waals surface area contributed by atoms with Gasteiger partial charge in [0.05, 0.1) is 22.7 Å². The quantitative estimate of drug-likeness (QED) is 0.362. The van der Waals surface area contributed by atoms with Crippen molar-refractivity contribution >= 4 is 29.7 Å². The molecule has 1 aliphatic rings. The van der Waals surface area contributed by atoms with Crippen LogP contribution in [-0.2, 0) is 9.53 Å². The molecule has 0 saturated heterocycles. The van der Waals surface area contributed by atoms with Crippen LogP contribution in [0, 0.1) is 18.7 Å². The Balaban J connectivity index is 1.86. The van der Waals surface area contributed by atoms with Crippen molar-refractivity contribution < 1.29 is 13.9 Å². The molecule has 1 heterocycles. The molecule has 1 aromatic heterocycles. The van der Waals surface area contributed by atoms with Crippen molar-refractivity contribution in [1.29, 1.82) is 0 Å². The van der Waals surface area contributed by atoms with Crippen molar-refractivity contribution in [1.82, 2.24) is 9.97 Å². The second kappa shape index (κ2) is 10.1. The number of aromatic nitrogens is 2. The first-order valence-electron chi connectivity index (χ1n) is 10.8. The summed E-state index contributed by atoms with van der Waals surface area (Å²) in [4.78, 5) is 19.5. The average Bonchev–Trinajstić information content (AvgIpc) is 3.27. The lowest BCUT2D eigenvalue weighted by molar-refractivity contribution is -0.136. The number of imidazole rings is 1. The van der Waals surface area contributed by atoms with Gasteiger partial charge in [0.15, 0.2) is 0 Å². The molecular formula is C25H25Cl2FN2O2. The number of hydrogen-bond donors (Lipinski definition) is 1. The van der Waals surface area contributed by atoms with Crippen LogP contribution in [0.1, 0.15) is 60.9 Å². The van der Waals surface area contributed by atoms with Crippen molar-refractivity contribution in [3.8, 4) is 11.3 Å². The van der Waals surface area contributed by atoms with Crippen LogP contribution in [0.2, 0.25) is 10.0 Å². The van der Waals surface area contributed by atoms with Crippen molar-refractivity contribution in [2.45, 2.75) is 51.0 Å². The van der Waals surface area contributed by atoms with Crippen LogP contribution in [0.5, 0.6) is 0 Å². The third-order valence-corrected chi connectivity index (χ3v) is 6.95. The Morgan fingerprint density at radius 1 is 1.16 bits per heavy atom. The summed E-state index contributed by atoms with van der Waals surface area (Å²) in [5.41, 5.74) is 4.11. The molecule has 0 amide bonds. The van der Waals surface area contributed by atoms with Gasteiger partial charge in [-0.1, -0.05) is 48.5 Å². The number of benzene rings is 2. The lowest BCUT2D eigenvalue weighted by Gasteiger charge is -2.35. The second-order valence-corrected chi connectivity index (χ2v) is 9.22. The van der Waals surface area contributed by atoms with Crippen LogP contribution in [0.3, 0.4) is 0 Å². The molecule has 1 N–H and O–H groups in total. The Morgan fingerprint density at radius 2 is 1.94 bits per heavy atom. The largest absolute Gasteiger partial charge is 0.459 e. The predicted molar refractivity (Wildman–Crippen MR) is 124 cm³/mol. The Bertz CT molecular complexity index is 1100. The maximum atomic E-state index is 13.8. The van der Waals surface area contributed by atoms with E-state index in [2.05, 4.69) is 9.97 Å². The number of aromatic amines is 1. The number of H-pyrrole nitrogens is 1. The van der Waals surface area contributed by atoms with Crippen molar-refractivity contribution in [2.24, 2.45) is 5.92 Å². The molecule has 2 aromatic carbocycles. The number of hydrogen-bond acceptors (Lipinski definition) is 3. The summed E-state index contributed by atoms with van der Waals surface area (Å²) in [7, 11) is 0. The van der Waals surface area contributed by atoms with Gasteiger partial charge in [0.1, 0.15) is 11.9 Å². The molecule has 0 spiro atoms. The fourth-order valence-electron chi connectivity index (χ4n) is 4.89. The van der Waals surface area contributed by atoms with E-state index in [0.717, 1.165) is 42.5 Å². The van der Waals surface area contributed by atoms with E-state index in [1.54, 1.807) is 18.5 Å². The van der Waals surface area contributed by atoms with Crippen LogP contribution in [0.4, 0.5) is 4.39 Å². The van der Waals surface area contributed by atoms with Crippen LogP contribution in [0.25, 0.3) is 11.3 Å². The number of carbonyl (C=O) groups excluding carboxylic acids is 1. The third kappa shape index (κ3) is 4.69. The Kier molecular flexibility index (Phi) is 7.17. The molecule has 2 atom stereocenters. The zero-order valence-corrected chi connectivity index (χ0v) is 19.3. The smallest absolute Gasteiger partial charge is 0.293 e. The van der Waals surface area contributed by atoms with Gasteiger partial charge in [0.2, 0.25) is 0 Å². The summed E-state index contributed by atoms with van der Waals surface area (Å²) in [6, 6.07) is 10.2. The zero-order chi connectivity index (χ0) is 22.7. The highest BCUT2D eigenvalue weighted by Crippen LogP contribution is 2.47. The van der Waals surface area contributed by atoms with Crippen LogP contribution in [-0.4, -0.2) is 16.4 Å². The maximum absolute atomic E-state index is 13.8. The minimum absolute atomic E-state index is 0.0389. The first-order valence-corrected chi connectivity index (χ1v) is 11.6. The van der Waals surface area contributed by atoms with Gasteiger partial charge in [-0.05, 0) is 67.1 Å². The maximum Gasteiger partial charge on any atom is 0.293 e. The van der Waals surface area contributed by atoms with Crippen LogP contribution < -0.4 is 0 Å². The highest BCUT2D eigenvalue weighted by Gasteiger charge is 2.38. The van der Waals surface area contributed by atoms with E-state index in [0.29, 0.717) is 22.8 Å². The molecule has 0 radical (unpaired) electrons. The highest BCUT2D eigenvalue weighted by molar-refractivity contribution is 6.31. The summed E-state index contributed by atoms with van der Waals surface area (Å²) in [5, 5.41) is 0.625. The molecule has 0 bridgehead atoms. The van der Waals surface area contributed by atoms with E-state index in [9.17, 15) is 9.18 Å². The van der Waals surface area contributed by atoms with Crippen molar-refractivity contribution in [2.75, 3.05) is 0 Å². The fraction of sp³-hybridized carbons (Fsp3) is 0.360. The zero-order valence-electron chi connectivity index (χ0n) is 17.8. The van der Waals surface area contributed by atoms with Crippen LogP contribution >= 0.6 is 23.2 Å². The normalized spacial score (nSPS) is 16.5. The number of halogens is 3. The number of nitrogens with one attached hydrogen (secondary N) is 1. The van der Waals surface area contributed by atoms with Gasteiger partial charge in [-0.25, -0.2) is 9.37 Å². The summed E-state index contributed by atoms with van der Waals surface area (Å²) >= 11 is 12.4. The number of ether oxygens (including phenoxy) is 1. The van der Waals surface area contributed by atoms with Gasteiger partial charge in [-0.2, -0.15) is 0 Å². The molecule has 4 rings (SSSR count). The summed E-state index contributed by atoms with van der Waals surface area (Å²) < 4.78 is 19.6. The molecule has 0 aliphatic heterocycles. The van der Waals surface area contributed by atoms with E-state index >= 15 is 0 Å². The SMILES string of the molecule is Cc1ccc(Cl)cc1C(OC=O)C(c1[nH]cnc1-c1ccc(F)c(Cl)c1)C1CCCCC1. The molecule has 4 nitrogen and oxygen atoms in total. The minimum Gasteiger partial charge on any atom is -0.459 e. The summed E-state index contributed by atoms with van der Waals surface area (Å²) in [6.07, 6.45) is 6.56. The first kappa shape index (κ1) is 22.8. The number of rotatable bonds is 7. The van der Waals surface area contributed by atoms with Gasteiger partial charge in [-0.15, -0.1) is 0 Å². The van der Waals surface area contributed by atoms with Crippen molar-refractivity contribution in [3.63, 3.8) is 0 Å². The standard InChI is InChI=1S/C25H25Cl2FN2O2/c1-15-7-9-18(26)12-19(15)25(32-14-31)22(16-5-3-2-4-6-16)24-23(29-13-30-24)17-8-10-21(28)20(27)11-17/h7-14,16,22,25H,2-6H2,1H3,(H,29,30). The summed E-state index contributed by atoms with van der Waals surface area (Å²) in [6.45, 7) is 2.49. The molecule has 3 aromatic rings. The van der Waals surface area contributed by atoms with Crippen LogP contribution in [0.15, 0.2) is 42.7 Å². The molecular weight excluding hydrogens is 450 g/mol. The molecule has 32 heavy (non-hydrogen) atoms. The molecule has 2 unspecified atom stereocenters. The molecule has 7 heteroatoms. The highest BCUT2D eigenvalue weighted by atomic mass is 35.5. The van der Waals surface area contributed by atoms with Gasteiger partial charge < -0.3 is 9.72 Å². The van der Waals surface area contributed by atoms with Gasteiger partial charge in [0, 0.05) is 16.5 Å². The van der Waals surface area contributed by atoms with Gasteiger partial charge in [-0.3, -0.25) is 4.79 Å². The monoisotopic (exact) mass is 474 g/mol. The minimum atomic E-state index is -0.538. The molecule has 1 fully saturated rings. The number of carbonyl (C=O) groups is 1. The topological polar surface area (TPSA) is 55.0 Å².